The van der Waals surface area contributed by atoms with Crippen molar-refractivity contribution < 1.29 is 9.53 Å². The molecule has 4 rings (SSSR count). The van der Waals surface area contributed by atoms with Crippen molar-refractivity contribution in [3.63, 3.8) is 0 Å². The largest absolute Gasteiger partial charge is 0.497 e. The number of rotatable bonds is 5. The molecule has 5 nitrogen and oxygen atoms in total. The van der Waals surface area contributed by atoms with Crippen molar-refractivity contribution in [2.24, 2.45) is 0 Å². The van der Waals surface area contributed by atoms with Gasteiger partial charge in [0.2, 0.25) is 5.91 Å². The summed E-state index contributed by atoms with van der Waals surface area (Å²) in [5, 5.41) is 0. The summed E-state index contributed by atoms with van der Waals surface area (Å²) in [6, 6.07) is 8.40. The maximum atomic E-state index is 13.4. The van der Waals surface area contributed by atoms with Gasteiger partial charge < -0.3 is 14.2 Å². The number of aryl methyl sites for hydroxylation is 1. The third kappa shape index (κ3) is 3.03. The van der Waals surface area contributed by atoms with Crippen LogP contribution in [-0.4, -0.2) is 40.6 Å². The van der Waals surface area contributed by atoms with Crippen molar-refractivity contribution in [1.82, 2.24) is 14.5 Å². The molecule has 1 atom stereocenters. The number of hydrogen-bond acceptors (Lipinski definition) is 3. The van der Waals surface area contributed by atoms with Crippen LogP contribution in [0.4, 0.5) is 0 Å². The Bertz CT molecular complexity index is 834. The van der Waals surface area contributed by atoms with Crippen LogP contribution in [0.25, 0.3) is 0 Å². The lowest BCUT2D eigenvalue weighted by molar-refractivity contribution is -0.132. The Morgan fingerprint density at radius 1 is 1.26 bits per heavy atom. The van der Waals surface area contributed by atoms with E-state index >= 15 is 0 Å². The quantitative estimate of drug-likeness (QED) is 0.807. The first kappa shape index (κ1) is 18.1. The molecule has 5 heteroatoms. The summed E-state index contributed by atoms with van der Waals surface area (Å²) in [6.45, 7) is 8.10. The number of likely N-dealkylation sites (tertiary alicyclic amines) is 1. The van der Waals surface area contributed by atoms with Gasteiger partial charge in [-0.2, -0.15) is 0 Å². The van der Waals surface area contributed by atoms with Crippen LogP contribution < -0.4 is 4.74 Å². The highest BCUT2D eigenvalue weighted by Crippen LogP contribution is 2.50. The first-order valence-electron chi connectivity index (χ1n) is 9.94. The molecule has 2 aromatic rings. The number of nitrogens with zero attached hydrogens (tertiary/aromatic N) is 3. The molecule has 144 valence electrons. The number of aromatic nitrogens is 2. The van der Waals surface area contributed by atoms with Gasteiger partial charge in [-0.1, -0.05) is 12.1 Å². The molecule has 27 heavy (non-hydrogen) atoms. The summed E-state index contributed by atoms with van der Waals surface area (Å²) >= 11 is 0. The molecule has 1 aromatic carbocycles. The van der Waals surface area contributed by atoms with Crippen molar-refractivity contribution in [2.75, 3.05) is 20.2 Å². The lowest BCUT2D eigenvalue weighted by Crippen LogP contribution is -2.37. The number of amides is 1. The molecule has 2 fully saturated rings. The molecule has 1 aromatic heterocycles. The van der Waals surface area contributed by atoms with Crippen molar-refractivity contribution in [3.05, 3.63) is 47.5 Å². The first-order valence-corrected chi connectivity index (χ1v) is 9.94. The van der Waals surface area contributed by atoms with E-state index in [0.717, 1.165) is 49.5 Å². The number of carbonyl (C=O) groups is 1. The summed E-state index contributed by atoms with van der Waals surface area (Å²) in [7, 11) is 1.67. The Morgan fingerprint density at radius 3 is 2.56 bits per heavy atom. The van der Waals surface area contributed by atoms with Crippen LogP contribution >= 0.6 is 0 Å². The van der Waals surface area contributed by atoms with Gasteiger partial charge in [0, 0.05) is 36.9 Å². The zero-order valence-corrected chi connectivity index (χ0v) is 16.7. The van der Waals surface area contributed by atoms with Crippen LogP contribution in [0.5, 0.6) is 5.75 Å². The minimum absolute atomic E-state index is 0.287. The number of ether oxygens (including phenoxy) is 1. The molecule has 2 heterocycles. The second kappa shape index (κ2) is 6.70. The molecule has 0 bridgehead atoms. The van der Waals surface area contributed by atoms with Crippen LogP contribution in [0.15, 0.2) is 30.5 Å². The van der Waals surface area contributed by atoms with Gasteiger partial charge in [0.15, 0.2) is 0 Å². The first-order chi connectivity index (χ1) is 13.0. The maximum Gasteiger partial charge on any atom is 0.233 e. The molecule has 0 radical (unpaired) electrons. The smallest absolute Gasteiger partial charge is 0.233 e. The van der Waals surface area contributed by atoms with Crippen LogP contribution in [-0.2, 0) is 10.2 Å². The molecule has 1 amide bonds. The topological polar surface area (TPSA) is 47.4 Å². The summed E-state index contributed by atoms with van der Waals surface area (Å²) in [5.74, 6) is 2.58. The second-order valence-electron chi connectivity index (χ2n) is 8.27. The van der Waals surface area contributed by atoms with E-state index in [1.165, 1.54) is 5.69 Å². The molecule has 1 aliphatic carbocycles. The predicted molar refractivity (Wildman–Crippen MR) is 105 cm³/mol. The Balaban J connectivity index is 1.51. The van der Waals surface area contributed by atoms with Gasteiger partial charge in [-0.05, 0) is 57.7 Å². The molecule has 1 saturated heterocycles. The normalized spacial score (nSPS) is 20.9. The van der Waals surface area contributed by atoms with Crippen molar-refractivity contribution >= 4 is 5.91 Å². The fourth-order valence-corrected chi connectivity index (χ4v) is 4.56. The third-order valence-corrected chi connectivity index (χ3v) is 6.17. The molecule has 1 aliphatic heterocycles. The highest BCUT2D eigenvalue weighted by molar-refractivity contribution is 5.91. The third-order valence-electron chi connectivity index (χ3n) is 6.17. The van der Waals surface area contributed by atoms with Crippen LogP contribution in [0.1, 0.15) is 62.2 Å². The Labute approximate surface area is 161 Å². The van der Waals surface area contributed by atoms with E-state index in [9.17, 15) is 4.79 Å². The predicted octanol–water partition coefficient (Wildman–Crippen LogP) is 3.83. The van der Waals surface area contributed by atoms with Crippen molar-refractivity contribution in [3.8, 4) is 5.75 Å². The van der Waals surface area contributed by atoms with E-state index in [1.54, 1.807) is 7.11 Å². The molecular weight excluding hydrogens is 338 g/mol. The van der Waals surface area contributed by atoms with Gasteiger partial charge in [-0.15, -0.1) is 0 Å². The Morgan fingerprint density at radius 2 is 1.96 bits per heavy atom. The van der Waals surface area contributed by atoms with Gasteiger partial charge in [0.05, 0.1) is 12.5 Å². The van der Waals surface area contributed by atoms with Crippen LogP contribution in [0, 0.1) is 6.92 Å². The van der Waals surface area contributed by atoms with Gasteiger partial charge in [0.1, 0.15) is 11.6 Å². The van der Waals surface area contributed by atoms with E-state index in [2.05, 4.69) is 35.2 Å². The fourth-order valence-electron chi connectivity index (χ4n) is 4.56. The maximum absolute atomic E-state index is 13.4. The summed E-state index contributed by atoms with van der Waals surface area (Å²) < 4.78 is 7.57. The minimum atomic E-state index is -0.315. The molecule has 1 unspecified atom stereocenters. The molecule has 0 N–H and O–H groups in total. The van der Waals surface area contributed by atoms with Gasteiger partial charge in [-0.3, -0.25) is 4.79 Å². The molecule has 1 saturated carbocycles. The summed E-state index contributed by atoms with van der Waals surface area (Å²) in [4.78, 5) is 20.1. The Kier molecular flexibility index (Phi) is 4.49. The van der Waals surface area contributed by atoms with E-state index in [-0.39, 0.29) is 11.3 Å². The zero-order valence-electron chi connectivity index (χ0n) is 16.7. The van der Waals surface area contributed by atoms with Crippen molar-refractivity contribution in [1.29, 1.82) is 0 Å². The number of carbonyl (C=O) groups excluding carboxylic acids is 1. The summed E-state index contributed by atoms with van der Waals surface area (Å²) in [6.07, 6.45) is 4.84. The highest BCUT2D eigenvalue weighted by Gasteiger charge is 2.53. The number of benzene rings is 1. The lowest BCUT2D eigenvalue weighted by Gasteiger charge is -2.24. The monoisotopic (exact) mass is 367 g/mol. The fraction of sp³-hybridized carbons (Fsp3) is 0.545. The van der Waals surface area contributed by atoms with Gasteiger partial charge >= 0.3 is 0 Å². The van der Waals surface area contributed by atoms with Crippen molar-refractivity contribution in [2.45, 2.75) is 57.4 Å². The standard InChI is InChI=1S/C22H29N3O2/c1-15(2)25-16(3)13-23-20(25)17-9-12-24(14-17)21(26)22(10-11-22)18-5-7-19(27-4)8-6-18/h5-8,13,15,17H,9-12,14H2,1-4H3. The average Bonchev–Trinajstić information content (AvgIpc) is 3.16. The number of methoxy groups -OCH3 is 1. The van der Waals surface area contributed by atoms with Crippen LogP contribution in [0.3, 0.4) is 0 Å². The molecule has 0 spiro atoms. The van der Waals surface area contributed by atoms with Gasteiger partial charge in [0.25, 0.3) is 0 Å². The zero-order chi connectivity index (χ0) is 19.2. The summed E-state index contributed by atoms with van der Waals surface area (Å²) in [5.41, 5.74) is 2.00. The average molecular weight is 367 g/mol. The molecular formula is C22H29N3O2. The number of hydrogen-bond donors (Lipinski definition) is 0. The van der Waals surface area contributed by atoms with E-state index in [1.807, 2.05) is 30.5 Å². The van der Waals surface area contributed by atoms with E-state index < -0.39 is 0 Å². The SMILES string of the molecule is COc1ccc(C2(C(=O)N3CCC(c4ncc(C)n4C(C)C)C3)CC2)cc1. The van der Waals surface area contributed by atoms with E-state index in [0.29, 0.717) is 12.0 Å². The van der Waals surface area contributed by atoms with Crippen LogP contribution in [0.2, 0.25) is 0 Å². The second-order valence-corrected chi connectivity index (χ2v) is 8.27. The Hall–Kier alpha value is -2.30. The van der Waals surface area contributed by atoms with E-state index in [4.69, 9.17) is 4.74 Å². The highest BCUT2D eigenvalue weighted by atomic mass is 16.5. The molecule has 2 aliphatic rings. The lowest BCUT2D eigenvalue weighted by atomic mass is 9.94. The van der Waals surface area contributed by atoms with Gasteiger partial charge in [-0.25, -0.2) is 4.98 Å². The number of imidazole rings is 1. The minimum Gasteiger partial charge on any atom is -0.497 e.